The van der Waals surface area contributed by atoms with Crippen molar-refractivity contribution < 1.29 is 31.1 Å². The molecule has 0 saturated carbocycles. The number of carbonyl (C=O) groups is 1. The second kappa shape index (κ2) is 8.51. The van der Waals surface area contributed by atoms with Gasteiger partial charge in [0, 0.05) is 12.6 Å². The highest BCUT2D eigenvalue weighted by atomic mass is 32.2. The summed E-state index contributed by atoms with van der Waals surface area (Å²) in [7, 11) is -4.18. The molecule has 152 valence electrons. The molecule has 2 aromatic rings. The van der Waals surface area contributed by atoms with Crippen molar-refractivity contribution in [1.29, 1.82) is 0 Å². The fourth-order valence-corrected chi connectivity index (χ4v) is 3.31. The number of alkyl halides is 3. The summed E-state index contributed by atoms with van der Waals surface area (Å²) in [4.78, 5) is 10.8. The second-order valence-electron chi connectivity index (χ2n) is 5.87. The van der Waals surface area contributed by atoms with Crippen LogP contribution in [-0.2, 0) is 21.0 Å². The molecule has 0 aromatic heterocycles. The van der Waals surface area contributed by atoms with E-state index < -0.39 is 21.8 Å². The largest absolute Gasteiger partial charge is 0.491 e. The Kier molecular flexibility index (Phi) is 6.55. The first-order valence-electron chi connectivity index (χ1n) is 8.27. The van der Waals surface area contributed by atoms with Gasteiger partial charge in [0.2, 0.25) is 5.91 Å². The van der Waals surface area contributed by atoms with Crippen LogP contribution in [0.25, 0.3) is 0 Å². The molecule has 0 aliphatic rings. The maximum Gasteiger partial charge on any atom is 0.416 e. The first kappa shape index (κ1) is 21.5. The van der Waals surface area contributed by atoms with Crippen LogP contribution < -0.4 is 14.8 Å². The van der Waals surface area contributed by atoms with Crippen LogP contribution in [0.15, 0.2) is 47.4 Å². The summed E-state index contributed by atoms with van der Waals surface area (Å²) in [6, 6.07) is 7.80. The van der Waals surface area contributed by atoms with Gasteiger partial charge >= 0.3 is 6.18 Å². The minimum absolute atomic E-state index is 0.00621. The molecule has 0 fully saturated rings. The molecule has 2 aromatic carbocycles. The lowest BCUT2D eigenvalue weighted by Crippen LogP contribution is -2.15. The average Bonchev–Trinajstić information content (AvgIpc) is 2.59. The molecule has 0 saturated heterocycles. The Morgan fingerprint density at radius 1 is 1.11 bits per heavy atom. The lowest BCUT2D eigenvalue weighted by Gasteiger charge is -2.16. The highest BCUT2D eigenvalue weighted by Gasteiger charge is 2.32. The van der Waals surface area contributed by atoms with Crippen molar-refractivity contribution in [2.24, 2.45) is 0 Å². The SMILES string of the molecule is CCCOc1ccc(C(F)(F)F)cc1NS(=O)(=O)c1ccc(NC(C)=O)cc1. The van der Waals surface area contributed by atoms with Crippen LogP contribution in [0.5, 0.6) is 5.75 Å². The van der Waals surface area contributed by atoms with Gasteiger partial charge in [-0.25, -0.2) is 8.42 Å². The van der Waals surface area contributed by atoms with Gasteiger partial charge in [0.1, 0.15) is 5.75 Å². The van der Waals surface area contributed by atoms with Gasteiger partial charge in [-0.15, -0.1) is 0 Å². The van der Waals surface area contributed by atoms with Crippen LogP contribution in [0.4, 0.5) is 24.5 Å². The van der Waals surface area contributed by atoms with E-state index in [2.05, 4.69) is 10.0 Å². The summed E-state index contributed by atoms with van der Waals surface area (Å²) in [6.45, 7) is 3.33. The Morgan fingerprint density at radius 3 is 2.29 bits per heavy atom. The van der Waals surface area contributed by atoms with Crippen molar-refractivity contribution >= 4 is 27.3 Å². The summed E-state index contributed by atoms with van der Waals surface area (Å²) in [5, 5.41) is 2.49. The van der Waals surface area contributed by atoms with Crippen LogP contribution in [0.1, 0.15) is 25.8 Å². The summed E-state index contributed by atoms with van der Waals surface area (Å²) in [6.07, 6.45) is -4.04. The van der Waals surface area contributed by atoms with Gasteiger partial charge in [0.15, 0.2) is 0 Å². The maximum atomic E-state index is 13.0. The number of sulfonamides is 1. The van der Waals surface area contributed by atoms with E-state index in [1.54, 1.807) is 0 Å². The van der Waals surface area contributed by atoms with E-state index in [-0.39, 0.29) is 28.8 Å². The molecular weight excluding hydrogens is 397 g/mol. The number of halogens is 3. The van der Waals surface area contributed by atoms with Gasteiger partial charge < -0.3 is 10.1 Å². The van der Waals surface area contributed by atoms with Gasteiger partial charge in [0.05, 0.1) is 22.8 Å². The number of rotatable bonds is 7. The lowest BCUT2D eigenvalue weighted by atomic mass is 10.2. The van der Waals surface area contributed by atoms with Gasteiger partial charge in [-0.3, -0.25) is 9.52 Å². The number of amides is 1. The summed E-state index contributed by atoms with van der Waals surface area (Å²) in [5.74, 6) is -0.330. The van der Waals surface area contributed by atoms with E-state index in [4.69, 9.17) is 4.74 Å². The van der Waals surface area contributed by atoms with Crippen LogP contribution in [0.2, 0.25) is 0 Å². The second-order valence-corrected chi connectivity index (χ2v) is 7.55. The predicted octanol–water partition coefficient (Wildman–Crippen LogP) is 4.25. The van der Waals surface area contributed by atoms with Gasteiger partial charge in [-0.1, -0.05) is 6.92 Å². The molecule has 0 radical (unpaired) electrons. The van der Waals surface area contributed by atoms with E-state index in [1.807, 2.05) is 6.92 Å². The normalized spacial score (nSPS) is 11.8. The van der Waals surface area contributed by atoms with Crippen LogP contribution >= 0.6 is 0 Å². The van der Waals surface area contributed by atoms with Crippen molar-refractivity contribution in [3.63, 3.8) is 0 Å². The molecular formula is C18H19F3N2O4S. The number of hydrogen-bond donors (Lipinski definition) is 2. The standard InChI is InChI=1S/C18H19F3N2O4S/c1-3-10-27-17-9-4-13(18(19,20)21)11-16(17)23-28(25,26)15-7-5-14(6-8-15)22-12(2)24/h4-9,11,23H,3,10H2,1-2H3,(H,22,24). The number of carbonyl (C=O) groups excluding carboxylic acids is 1. The topological polar surface area (TPSA) is 84.5 Å². The van der Waals surface area contributed by atoms with Crippen LogP contribution in [0, 0.1) is 0 Å². The first-order valence-corrected chi connectivity index (χ1v) is 9.76. The lowest BCUT2D eigenvalue weighted by molar-refractivity contribution is -0.137. The van der Waals surface area contributed by atoms with E-state index in [1.165, 1.54) is 31.2 Å². The molecule has 0 bridgehead atoms. The smallest absolute Gasteiger partial charge is 0.416 e. The van der Waals surface area contributed by atoms with Crippen molar-refractivity contribution in [3.05, 3.63) is 48.0 Å². The molecule has 1 amide bonds. The number of ether oxygens (including phenoxy) is 1. The molecule has 0 atom stereocenters. The number of benzene rings is 2. The van der Waals surface area contributed by atoms with Gasteiger partial charge in [0.25, 0.3) is 10.0 Å². The molecule has 0 heterocycles. The minimum atomic E-state index is -4.64. The highest BCUT2D eigenvalue weighted by Crippen LogP contribution is 2.36. The Labute approximate surface area is 160 Å². The fourth-order valence-electron chi connectivity index (χ4n) is 2.25. The van der Waals surface area contributed by atoms with Crippen LogP contribution in [-0.4, -0.2) is 20.9 Å². The van der Waals surface area contributed by atoms with E-state index in [0.29, 0.717) is 18.2 Å². The summed E-state index contributed by atoms with van der Waals surface area (Å²) >= 11 is 0. The van der Waals surface area contributed by atoms with E-state index in [9.17, 15) is 26.4 Å². The number of hydrogen-bond acceptors (Lipinski definition) is 4. The van der Waals surface area contributed by atoms with Crippen molar-refractivity contribution in [2.45, 2.75) is 31.3 Å². The van der Waals surface area contributed by atoms with E-state index in [0.717, 1.165) is 12.1 Å². The third-order valence-electron chi connectivity index (χ3n) is 3.50. The third kappa shape index (κ3) is 5.62. The molecule has 0 aliphatic heterocycles. The zero-order valence-electron chi connectivity index (χ0n) is 15.1. The average molecular weight is 416 g/mol. The zero-order valence-corrected chi connectivity index (χ0v) is 15.9. The zero-order chi connectivity index (χ0) is 20.9. The number of nitrogens with one attached hydrogen (secondary N) is 2. The first-order chi connectivity index (χ1) is 13.0. The molecule has 6 nitrogen and oxygen atoms in total. The minimum Gasteiger partial charge on any atom is -0.491 e. The molecule has 10 heteroatoms. The third-order valence-corrected chi connectivity index (χ3v) is 4.88. The monoisotopic (exact) mass is 416 g/mol. The van der Waals surface area contributed by atoms with Crippen LogP contribution in [0.3, 0.4) is 0 Å². The van der Waals surface area contributed by atoms with Crippen molar-refractivity contribution in [2.75, 3.05) is 16.6 Å². The Morgan fingerprint density at radius 2 is 1.75 bits per heavy atom. The number of anilines is 2. The summed E-state index contributed by atoms with van der Waals surface area (Å²) < 4.78 is 71.7. The predicted molar refractivity (Wildman–Crippen MR) is 98.8 cm³/mol. The van der Waals surface area contributed by atoms with Gasteiger partial charge in [-0.2, -0.15) is 13.2 Å². The molecule has 0 unspecified atom stereocenters. The quantitative estimate of drug-likeness (QED) is 0.707. The fraction of sp³-hybridized carbons (Fsp3) is 0.278. The summed E-state index contributed by atoms with van der Waals surface area (Å²) in [5.41, 5.74) is -0.929. The van der Waals surface area contributed by atoms with Crippen molar-refractivity contribution in [1.82, 2.24) is 0 Å². The Balaban J connectivity index is 2.36. The maximum absolute atomic E-state index is 13.0. The molecule has 2 N–H and O–H groups in total. The van der Waals surface area contributed by atoms with Gasteiger partial charge in [-0.05, 0) is 48.9 Å². The molecule has 28 heavy (non-hydrogen) atoms. The highest BCUT2D eigenvalue weighted by molar-refractivity contribution is 7.92. The molecule has 2 rings (SSSR count). The molecule has 0 spiro atoms. The Hall–Kier alpha value is -2.75. The van der Waals surface area contributed by atoms with E-state index >= 15 is 0 Å². The van der Waals surface area contributed by atoms with Crippen molar-refractivity contribution in [3.8, 4) is 5.75 Å². The molecule has 0 aliphatic carbocycles. The Bertz CT molecular complexity index is 942.